The number of benzene rings is 1. The Morgan fingerprint density at radius 1 is 1.37 bits per heavy atom. The molecule has 3 heterocycles. The summed E-state index contributed by atoms with van der Waals surface area (Å²) >= 11 is 0. The van der Waals surface area contributed by atoms with Crippen LogP contribution in [0, 0.1) is 0 Å². The van der Waals surface area contributed by atoms with E-state index in [1.165, 1.54) is 17.2 Å². The minimum atomic E-state index is -3.40. The zero-order valence-corrected chi connectivity index (χ0v) is 15.9. The van der Waals surface area contributed by atoms with Gasteiger partial charge >= 0.3 is 5.92 Å². The smallest absolute Gasteiger partial charge is 0.303 e. The van der Waals surface area contributed by atoms with E-state index in [0.29, 0.717) is 23.0 Å². The molecule has 154 valence electrons. The summed E-state index contributed by atoms with van der Waals surface area (Å²) in [5.74, 6) is -4.21. The highest BCUT2D eigenvalue weighted by atomic mass is 19.3. The van der Waals surface area contributed by atoms with E-state index in [2.05, 4.69) is 20.5 Å². The van der Waals surface area contributed by atoms with E-state index in [-0.39, 0.29) is 29.7 Å². The number of aromatic nitrogens is 3. The Hall–Kier alpha value is -3.69. The second kappa shape index (κ2) is 7.29. The molecule has 1 atom stereocenters. The number of hydrogen-bond acceptors (Lipinski definition) is 5. The number of anilines is 1. The number of rotatable bonds is 7. The van der Waals surface area contributed by atoms with E-state index in [1.54, 1.807) is 19.1 Å². The molecule has 1 aliphatic rings. The fraction of sp³-hybridized carbons (Fsp3) is 0.250. The molecule has 4 rings (SSSR count). The van der Waals surface area contributed by atoms with Crippen LogP contribution in [0.1, 0.15) is 41.4 Å². The molecular formula is C20H17F2N5O3. The zero-order chi connectivity index (χ0) is 21.5. The number of amides is 3. The van der Waals surface area contributed by atoms with Gasteiger partial charge in [-0.2, -0.15) is 13.9 Å². The lowest BCUT2D eigenvalue weighted by atomic mass is 9.99. The molecular weight excluding hydrogens is 396 g/mol. The van der Waals surface area contributed by atoms with E-state index < -0.39 is 23.6 Å². The Morgan fingerprint density at radius 3 is 2.87 bits per heavy atom. The van der Waals surface area contributed by atoms with Gasteiger partial charge in [0.15, 0.2) is 0 Å². The number of nitrogens with one attached hydrogen (secondary N) is 2. The molecule has 8 nitrogen and oxygen atoms in total. The molecule has 1 unspecified atom stereocenters. The van der Waals surface area contributed by atoms with Crippen molar-refractivity contribution in [2.45, 2.75) is 31.7 Å². The van der Waals surface area contributed by atoms with Crippen LogP contribution in [0.25, 0.3) is 10.8 Å². The molecule has 0 saturated heterocycles. The Bertz CT molecular complexity index is 1150. The summed E-state index contributed by atoms with van der Waals surface area (Å²) in [6, 6.07) is 4.23. The molecule has 1 aliphatic heterocycles. The second-order valence-corrected chi connectivity index (χ2v) is 7.03. The summed E-state index contributed by atoms with van der Waals surface area (Å²) < 4.78 is 30.2. The lowest BCUT2D eigenvalue weighted by molar-refractivity contribution is -0.125. The molecule has 3 amide bonds. The van der Waals surface area contributed by atoms with Crippen LogP contribution < -0.4 is 10.2 Å². The molecule has 0 bridgehead atoms. The first kappa shape index (κ1) is 19.6. The van der Waals surface area contributed by atoms with Gasteiger partial charge in [-0.3, -0.25) is 29.8 Å². The number of pyridine rings is 1. The van der Waals surface area contributed by atoms with E-state index in [4.69, 9.17) is 0 Å². The average molecular weight is 413 g/mol. The Kier molecular flexibility index (Phi) is 4.76. The maximum absolute atomic E-state index is 15.1. The summed E-state index contributed by atoms with van der Waals surface area (Å²) in [4.78, 5) is 40.4. The van der Waals surface area contributed by atoms with Crippen LogP contribution in [0.5, 0.6) is 0 Å². The molecule has 0 fully saturated rings. The van der Waals surface area contributed by atoms with Gasteiger partial charge in [-0.25, -0.2) is 0 Å². The van der Waals surface area contributed by atoms with E-state index in [9.17, 15) is 14.4 Å². The highest BCUT2D eigenvalue weighted by Gasteiger charge is 2.41. The molecule has 3 aromatic rings. The minimum absolute atomic E-state index is 0.0350. The number of halogens is 2. The van der Waals surface area contributed by atoms with Crippen LogP contribution in [-0.2, 0) is 15.5 Å². The molecule has 0 spiro atoms. The number of imide groups is 1. The van der Waals surface area contributed by atoms with Crippen LogP contribution in [0.15, 0.2) is 36.8 Å². The van der Waals surface area contributed by atoms with Gasteiger partial charge in [0, 0.05) is 35.0 Å². The van der Waals surface area contributed by atoms with Crippen molar-refractivity contribution >= 4 is 34.7 Å². The quantitative estimate of drug-likeness (QED) is 0.579. The lowest BCUT2D eigenvalue weighted by Crippen LogP contribution is -2.37. The third-order valence-corrected chi connectivity index (χ3v) is 5.21. The van der Waals surface area contributed by atoms with Crippen LogP contribution in [0.2, 0.25) is 0 Å². The number of aromatic amines is 1. The standard InChI is InChI=1S/C20H17F2N5O3/c1-11(5-6-16(29)24-10-28)27-15-9-23-18(20(21,22)12-7-25-26-8-12)13-3-2-4-14(17(13)15)19(27)30/h2-4,7-11H,5-6H2,1H3,(H,25,26)(H,24,28,29). The summed E-state index contributed by atoms with van der Waals surface area (Å²) in [5.41, 5.74) is -0.0671. The summed E-state index contributed by atoms with van der Waals surface area (Å²) in [5, 5.41) is 8.59. The van der Waals surface area contributed by atoms with Crippen molar-refractivity contribution in [1.82, 2.24) is 20.5 Å². The predicted octanol–water partition coefficient (Wildman–Crippen LogP) is 2.50. The fourth-order valence-electron chi connectivity index (χ4n) is 3.74. The Morgan fingerprint density at radius 2 is 2.17 bits per heavy atom. The monoisotopic (exact) mass is 413 g/mol. The van der Waals surface area contributed by atoms with Gasteiger partial charge in [0.1, 0.15) is 5.69 Å². The van der Waals surface area contributed by atoms with E-state index in [0.717, 1.165) is 12.4 Å². The minimum Gasteiger partial charge on any atom is -0.303 e. The van der Waals surface area contributed by atoms with Crippen LogP contribution >= 0.6 is 0 Å². The predicted molar refractivity (Wildman–Crippen MR) is 103 cm³/mol. The largest absolute Gasteiger partial charge is 0.318 e. The average Bonchev–Trinajstić information content (AvgIpc) is 3.36. The van der Waals surface area contributed by atoms with Crippen molar-refractivity contribution in [3.05, 3.63) is 53.6 Å². The van der Waals surface area contributed by atoms with E-state index in [1.807, 2.05) is 0 Å². The number of carbonyl (C=O) groups excluding carboxylic acids is 3. The van der Waals surface area contributed by atoms with Crippen molar-refractivity contribution in [2.75, 3.05) is 4.90 Å². The van der Waals surface area contributed by atoms with Crippen LogP contribution in [0.3, 0.4) is 0 Å². The van der Waals surface area contributed by atoms with Gasteiger partial charge in [-0.05, 0) is 19.4 Å². The fourth-order valence-corrected chi connectivity index (χ4v) is 3.74. The molecule has 1 aromatic carbocycles. The van der Waals surface area contributed by atoms with Crippen LogP contribution in [0.4, 0.5) is 14.5 Å². The first-order valence-corrected chi connectivity index (χ1v) is 9.22. The van der Waals surface area contributed by atoms with Crippen molar-refractivity contribution in [3.63, 3.8) is 0 Å². The third-order valence-electron chi connectivity index (χ3n) is 5.21. The maximum Gasteiger partial charge on any atom is 0.318 e. The first-order chi connectivity index (χ1) is 14.4. The van der Waals surface area contributed by atoms with Gasteiger partial charge in [0.2, 0.25) is 12.3 Å². The molecule has 2 N–H and O–H groups in total. The highest BCUT2D eigenvalue weighted by Crippen LogP contribution is 2.44. The number of alkyl halides is 2. The van der Waals surface area contributed by atoms with Gasteiger partial charge in [0.25, 0.3) is 5.91 Å². The highest BCUT2D eigenvalue weighted by molar-refractivity contribution is 6.25. The summed E-state index contributed by atoms with van der Waals surface area (Å²) in [6.45, 7) is 1.75. The van der Waals surface area contributed by atoms with Crippen molar-refractivity contribution in [2.24, 2.45) is 0 Å². The van der Waals surface area contributed by atoms with Gasteiger partial charge in [0.05, 0.1) is 23.6 Å². The number of H-pyrrole nitrogens is 1. The number of nitrogens with zero attached hydrogens (tertiary/aromatic N) is 3. The Balaban J connectivity index is 1.75. The maximum atomic E-state index is 15.1. The SMILES string of the molecule is CC(CCC(=O)NC=O)N1C(=O)c2cccc3c(C(F)(F)c4cn[nH]c4)ncc1c23. The topological polar surface area (TPSA) is 108 Å². The molecule has 30 heavy (non-hydrogen) atoms. The van der Waals surface area contributed by atoms with Gasteiger partial charge in [-0.15, -0.1) is 0 Å². The number of carbonyl (C=O) groups is 3. The normalized spacial score (nSPS) is 14.2. The zero-order valence-electron chi connectivity index (χ0n) is 15.9. The molecule has 0 radical (unpaired) electrons. The summed E-state index contributed by atoms with van der Waals surface area (Å²) in [6.07, 6.45) is 4.03. The third kappa shape index (κ3) is 3.00. The Labute approximate surface area is 169 Å². The molecule has 0 aliphatic carbocycles. The summed E-state index contributed by atoms with van der Waals surface area (Å²) in [7, 11) is 0. The molecule has 2 aromatic heterocycles. The van der Waals surface area contributed by atoms with Crippen molar-refractivity contribution in [1.29, 1.82) is 0 Å². The van der Waals surface area contributed by atoms with Gasteiger partial charge in [-0.1, -0.05) is 12.1 Å². The van der Waals surface area contributed by atoms with Crippen molar-refractivity contribution < 1.29 is 23.2 Å². The van der Waals surface area contributed by atoms with Gasteiger partial charge < -0.3 is 4.90 Å². The lowest BCUT2D eigenvalue weighted by Gasteiger charge is -2.25. The molecule has 10 heteroatoms. The number of hydrogen-bond donors (Lipinski definition) is 2. The first-order valence-electron chi connectivity index (χ1n) is 9.22. The molecule has 0 saturated carbocycles. The van der Waals surface area contributed by atoms with Crippen molar-refractivity contribution in [3.8, 4) is 0 Å². The van der Waals surface area contributed by atoms with E-state index >= 15 is 8.78 Å². The second-order valence-electron chi connectivity index (χ2n) is 7.03. The van der Waals surface area contributed by atoms with Crippen LogP contribution in [-0.4, -0.2) is 39.4 Å².